The summed E-state index contributed by atoms with van der Waals surface area (Å²) in [7, 11) is -4.29. The molecule has 1 aromatic heterocycles. The summed E-state index contributed by atoms with van der Waals surface area (Å²) in [6.07, 6.45) is -3.36. The van der Waals surface area contributed by atoms with Crippen LogP contribution in [-0.4, -0.2) is 13.4 Å². The minimum Gasteiger partial charge on any atom is -0.279 e. The Morgan fingerprint density at radius 2 is 1.76 bits per heavy atom. The molecule has 9 heteroatoms. The van der Waals surface area contributed by atoms with Gasteiger partial charge in [0.15, 0.2) is 0 Å². The van der Waals surface area contributed by atoms with Crippen LogP contribution in [0, 0.1) is 0 Å². The lowest BCUT2D eigenvalue weighted by atomic mass is 10.2. The van der Waals surface area contributed by atoms with E-state index in [0.29, 0.717) is 11.5 Å². The van der Waals surface area contributed by atoms with Gasteiger partial charge in [0.25, 0.3) is 10.0 Å². The fourth-order valence-corrected chi connectivity index (χ4v) is 3.77. The standard InChI is InChI=1S/C16H10ClF3N2O2S/c17-11-6-7-13(12(9-11)16(18,19)20)22-25(23,24)14-5-1-3-10-4-2-8-21-15(10)14/h1-9,22H. The summed E-state index contributed by atoms with van der Waals surface area (Å²) in [5.74, 6) is 0. The highest BCUT2D eigenvalue weighted by atomic mass is 35.5. The second kappa shape index (κ2) is 6.20. The maximum atomic E-state index is 13.2. The molecule has 0 unspecified atom stereocenters. The number of hydrogen-bond donors (Lipinski definition) is 1. The van der Waals surface area contributed by atoms with Gasteiger partial charge in [-0.1, -0.05) is 29.8 Å². The Labute approximate surface area is 146 Å². The van der Waals surface area contributed by atoms with Gasteiger partial charge >= 0.3 is 6.18 Å². The molecule has 0 bridgehead atoms. The average molecular weight is 387 g/mol. The second-order valence-corrected chi connectivity index (χ2v) is 7.21. The zero-order valence-corrected chi connectivity index (χ0v) is 14.0. The summed E-state index contributed by atoms with van der Waals surface area (Å²) in [5.41, 5.74) is -1.61. The van der Waals surface area contributed by atoms with Crippen molar-refractivity contribution in [1.29, 1.82) is 0 Å². The van der Waals surface area contributed by atoms with Gasteiger partial charge in [-0.3, -0.25) is 9.71 Å². The summed E-state index contributed by atoms with van der Waals surface area (Å²) in [5, 5.41) is 0.402. The van der Waals surface area contributed by atoms with Gasteiger partial charge in [-0.25, -0.2) is 8.42 Å². The van der Waals surface area contributed by atoms with Gasteiger partial charge in [0.1, 0.15) is 4.90 Å². The van der Waals surface area contributed by atoms with E-state index in [1.807, 2.05) is 4.72 Å². The average Bonchev–Trinajstić information content (AvgIpc) is 2.55. The molecule has 0 aliphatic rings. The summed E-state index contributed by atoms with van der Waals surface area (Å²) in [4.78, 5) is 3.80. The molecule has 4 nitrogen and oxygen atoms in total. The van der Waals surface area contributed by atoms with Crippen molar-refractivity contribution in [3.05, 3.63) is 65.3 Å². The lowest BCUT2D eigenvalue weighted by Crippen LogP contribution is -2.17. The van der Waals surface area contributed by atoms with Gasteiger partial charge in [-0.2, -0.15) is 13.2 Å². The molecule has 0 radical (unpaired) electrons. The first-order valence-electron chi connectivity index (χ1n) is 6.92. The molecule has 0 atom stereocenters. The van der Waals surface area contributed by atoms with Gasteiger partial charge < -0.3 is 0 Å². The molecule has 0 amide bonds. The van der Waals surface area contributed by atoms with Crippen LogP contribution in [-0.2, 0) is 16.2 Å². The van der Waals surface area contributed by atoms with Crippen molar-refractivity contribution >= 4 is 38.2 Å². The molecule has 0 spiro atoms. The van der Waals surface area contributed by atoms with Crippen molar-refractivity contribution in [2.24, 2.45) is 0 Å². The summed E-state index contributed by atoms with van der Waals surface area (Å²) in [6.45, 7) is 0. The van der Waals surface area contributed by atoms with E-state index < -0.39 is 27.5 Å². The molecule has 0 fully saturated rings. The maximum absolute atomic E-state index is 13.2. The Hall–Kier alpha value is -2.32. The van der Waals surface area contributed by atoms with Crippen LogP contribution < -0.4 is 4.72 Å². The van der Waals surface area contributed by atoms with Crippen LogP contribution in [0.1, 0.15) is 5.56 Å². The number of nitrogens with zero attached hydrogens (tertiary/aromatic N) is 1. The van der Waals surface area contributed by atoms with Crippen LogP contribution in [0.2, 0.25) is 5.02 Å². The van der Waals surface area contributed by atoms with Crippen LogP contribution in [0.5, 0.6) is 0 Å². The van der Waals surface area contributed by atoms with Crippen molar-refractivity contribution in [1.82, 2.24) is 4.98 Å². The van der Waals surface area contributed by atoms with Crippen LogP contribution in [0.15, 0.2) is 59.6 Å². The van der Waals surface area contributed by atoms with Crippen molar-refractivity contribution in [3.63, 3.8) is 0 Å². The largest absolute Gasteiger partial charge is 0.418 e. The van der Waals surface area contributed by atoms with Gasteiger partial charge in [0.2, 0.25) is 0 Å². The van der Waals surface area contributed by atoms with E-state index in [4.69, 9.17) is 11.6 Å². The molecule has 2 aromatic carbocycles. The molecule has 0 saturated carbocycles. The Morgan fingerprint density at radius 1 is 1.04 bits per heavy atom. The Bertz CT molecular complexity index is 1050. The second-order valence-electron chi connectivity index (χ2n) is 5.12. The number of pyridine rings is 1. The Kier molecular flexibility index (Phi) is 4.34. The first-order chi connectivity index (χ1) is 11.7. The Morgan fingerprint density at radius 3 is 2.48 bits per heavy atom. The number of fused-ring (bicyclic) bond motifs is 1. The van der Waals surface area contributed by atoms with Gasteiger partial charge in [0.05, 0.1) is 16.8 Å². The van der Waals surface area contributed by atoms with E-state index in [1.165, 1.54) is 24.4 Å². The molecule has 130 valence electrons. The lowest BCUT2D eigenvalue weighted by molar-refractivity contribution is -0.136. The maximum Gasteiger partial charge on any atom is 0.418 e. The molecule has 0 aliphatic heterocycles. The first kappa shape index (κ1) is 17.5. The number of benzene rings is 2. The van der Waals surface area contributed by atoms with Gasteiger partial charge in [-0.05, 0) is 30.3 Å². The third-order valence-electron chi connectivity index (χ3n) is 3.42. The fraction of sp³-hybridized carbons (Fsp3) is 0.0625. The molecule has 1 N–H and O–H groups in total. The number of alkyl halides is 3. The molecule has 25 heavy (non-hydrogen) atoms. The zero-order valence-electron chi connectivity index (χ0n) is 12.4. The molecular formula is C16H10ClF3N2O2S. The van der Waals surface area contributed by atoms with Crippen LogP contribution in [0.3, 0.4) is 0 Å². The highest BCUT2D eigenvalue weighted by Crippen LogP contribution is 2.37. The van der Waals surface area contributed by atoms with E-state index in [-0.39, 0.29) is 15.4 Å². The van der Waals surface area contributed by atoms with Crippen molar-refractivity contribution in [3.8, 4) is 0 Å². The monoisotopic (exact) mass is 386 g/mol. The molecule has 3 aromatic rings. The first-order valence-corrected chi connectivity index (χ1v) is 8.78. The SMILES string of the molecule is O=S(=O)(Nc1ccc(Cl)cc1C(F)(F)F)c1cccc2cccnc12. The number of para-hydroxylation sites is 1. The Balaban J connectivity index is 2.12. The van der Waals surface area contributed by atoms with E-state index in [2.05, 4.69) is 4.98 Å². The minimum absolute atomic E-state index is 0.151. The minimum atomic E-state index is -4.76. The number of rotatable bonds is 3. The van der Waals surface area contributed by atoms with Crippen molar-refractivity contribution in [2.75, 3.05) is 4.72 Å². The van der Waals surface area contributed by atoms with E-state index in [1.54, 1.807) is 18.2 Å². The zero-order chi connectivity index (χ0) is 18.2. The van der Waals surface area contributed by atoms with E-state index in [9.17, 15) is 21.6 Å². The molecule has 3 rings (SSSR count). The lowest BCUT2D eigenvalue weighted by Gasteiger charge is -2.15. The number of halogens is 4. The van der Waals surface area contributed by atoms with Crippen LogP contribution >= 0.6 is 11.6 Å². The summed E-state index contributed by atoms with van der Waals surface area (Å²) in [6, 6.07) is 10.5. The molecule has 0 saturated heterocycles. The van der Waals surface area contributed by atoms with E-state index >= 15 is 0 Å². The van der Waals surface area contributed by atoms with Gasteiger partial charge in [0, 0.05) is 16.6 Å². The summed E-state index contributed by atoms with van der Waals surface area (Å²) >= 11 is 5.60. The number of aromatic nitrogens is 1. The highest BCUT2D eigenvalue weighted by Gasteiger charge is 2.35. The van der Waals surface area contributed by atoms with Crippen molar-refractivity contribution < 1.29 is 21.6 Å². The summed E-state index contributed by atoms with van der Waals surface area (Å²) < 4.78 is 66.7. The fourth-order valence-electron chi connectivity index (χ4n) is 2.33. The highest BCUT2D eigenvalue weighted by molar-refractivity contribution is 7.93. The van der Waals surface area contributed by atoms with Crippen molar-refractivity contribution in [2.45, 2.75) is 11.1 Å². The van der Waals surface area contributed by atoms with Crippen LogP contribution in [0.25, 0.3) is 10.9 Å². The number of nitrogens with one attached hydrogen (secondary N) is 1. The normalized spacial score (nSPS) is 12.3. The number of sulfonamides is 1. The number of hydrogen-bond acceptors (Lipinski definition) is 3. The molecular weight excluding hydrogens is 377 g/mol. The van der Waals surface area contributed by atoms with Crippen LogP contribution in [0.4, 0.5) is 18.9 Å². The third kappa shape index (κ3) is 3.54. The predicted molar refractivity (Wildman–Crippen MR) is 89.0 cm³/mol. The smallest absolute Gasteiger partial charge is 0.279 e. The molecule has 1 heterocycles. The third-order valence-corrected chi connectivity index (χ3v) is 5.05. The number of anilines is 1. The van der Waals surface area contributed by atoms with Gasteiger partial charge in [-0.15, -0.1) is 0 Å². The molecule has 0 aliphatic carbocycles. The van der Waals surface area contributed by atoms with E-state index in [0.717, 1.165) is 6.07 Å². The topological polar surface area (TPSA) is 59.1 Å². The quantitative estimate of drug-likeness (QED) is 0.709. The predicted octanol–water partition coefficient (Wildman–Crippen LogP) is 4.71.